The molecular formula is C90H93N17O12S4. The number of anilines is 4. The first-order valence-electron chi connectivity index (χ1n) is 40.9. The van der Waals surface area contributed by atoms with Crippen LogP contribution in [0.15, 0.2) is 92.0 Å². The minimum Gasteiger partial charge on any atom is -0.389 e. The van der Waals surface area contributed by atoms with Crippen LogP contribution in [-0.2, 0) is 19.2 Å². The number of thiophene rings is 4. The Morgan fingerprint density at radius 1 is 0.415 bits per heavy atom. The SMILES string of the molecule is CC(=O)[C@@]12CC1[C@@H](n1cnc3c(NC(C)C)cc(C#Cc4ccc(C)s4)nc31)[C@H](O)[C@@H]2O.CCNc1cc(C#Cc2ccc(C)s2)nc2c1ncn2[C@@H]1C2C[C@@]2(C(C)=O)[C@@H](O)[C@H]1O.CNc1cc(C#Cc2ccc(C)s2)nc2c1ncn2[C@@H]1C2C[C@@]2(C(C)=O)[C@@H](O)[C@H]1O.CNc1nc(C#Cc2ccc(C)s2)nc2c1ncn2[C@@H]1C2C[C@@]2(C(C)=O)[C@@H](O)[C@H]1O. The second-order valence-electron chi connectivity index (χ2n) is 33.7. The molecule has 8 saturated carbocycles. The van der Waals surface area contributed by atoms with Crippen molar-refractivity contribution in [1.29, 1.82) is 0 Å². The first-order valence-corrected chi connectivity index (χ1v) is 44.1. The number of hydrogen-bond donors (Lipinski definition) is 12. The summed E-state index contributed by atoms with van der Waals surface area (Å²) in [6.07, 6.45) is 0.258. The van der Waals surface area contributed by atoms with Crippen LogP contribution >= 0.6 is 45.3 Å². The third kappa shape index (κ3) is 14.3. The third-order valence-electron chi connectivity index (χ3n) is 26.1. The van der Waals surface area contributed by atoms with Gasteiger partial charge in [0, 0.05) is 46.2 Å². The van der Waals surface area contributed by atoms with Gasteiger partial charge in [0.1, 0.15) is 81.2 Å². The number of imidazole rings is 4. The van der Waals surface area contributed by atoms with Crippen LogP contribution in [0, 0.1) is 120 Å². The quantitative estimate of drug-likeness (QED) is 0.0451. The van der Waals surface area contributed by atoms with E-state index in [4.69, 9.17) is 15.0 Å². The normalized spacial score (nSPS) is 29.0. The molecule has 8 aliphatic rings. The zero-order chi connectivity index (χ0) is 87.1. The average molecular weight is 1730 g/mol. The molecule has 20 atom stereocenters. The largest absolute Gasteiger partial charge is 0.389 e. The Balaban J connectivity index is 0.000000116. The van der Waals surface area contributed by atoms with Crippen LogP contribution < -0.4 is 21.3 Å². The Bertz CT molecular complexity index is 6370. The van der Waals surface area contributed by atoms with Gasteiger partial charge >= 0.3 is 0 Å². The van der Waals surface area contributed by atoms with Crippen LogP contribution in [0.5, 0.6) is 0 Å². The van der Waals surface area contributed by atoms with Crippen LogP contribution in [0.4, 0.5) is 22.9 Å². The second-order valence-corrected chi connectivity index (χ2v) is 38.8. The van der Waals surface area contributed by atoms with Gasteiger partial charge in [-0.1, -0.05) is 0 Å². The number of pyridine rings is 3. The summed E-state index contributed by atoms with van der Waals surface area (Å²) in [5.41, 5.74) is 5.64. The molecule has 12 N–H and O–H groups in total. The summed E-state index contributed by atoms with van der Waals surface area (Å²) in [6, 6.07) is 20.0. The van der Waals surface area contributed by atoms with Gasteiger partial charge in [-0.3, -0.25) is 19.2 Å². The van der Waals surface area contributed by atoms with Crippen LogP contribution in [-0.4, -0.2) is 203 Å². The fourth-order valence-electron chi connectivity index (χ4n) is 19.8. The highest BCUT2D eigenvalue weighted by molar-refractivity contribution is 7.13. The predicted molar refractivity (Wildman–Crippen MR) is 469 cm³/mol. The zero-order valence-corrected chi connectivity index (χ0v) is 72.9. The molecule has 0 amide bonds. The molecule has 0 spiro atoms. The van der Waals surface area contributed by atoms with E-state index in [0.29, 0.717) is 106 Å². The molecule has 0 bridgehead atoms. The number of nitrogens with zero attached hydrogens (tertiary/aromatic N) is 13. The van der Waals surface area contributed by atoms with Gasteiger partial charge < -0.3 is 80.4 Å². The van der Waals surface area contributed by atoms with Crippen molar-refractivity contribution in [3.63, 3.8) is 0 Å². The number of aromatic nitrogens is 13. The smallest absolute Gasteiger partial charge is 0.209 e. The maximum atomic E-state index is 12.3. The summed E-state index contributed by atoms with van der Waals surface area (Å²) in [6.45, 7) is 20.9. The number of carbonyl (C=O) groups excluding carboxylic acids is 4. The number of aliphatic hydroxyl groups is 8. The Morgan fingerprint density at radius 2 is 0.715 bits per heavy atom. The molecule has 8 fully saturated rings. The lowest BCUT2D eigenvalue weighted by molar-refractivity contribution is -0.128. The van der Waals surface area contributed by atoms with E-state index in [0.717, 1.165) is 36.6 Å². The highest BCUT2D eigenvalue weighted by Gasteiger charge is 2.77. The van der Waals surface area contributed by atoms with E-state index in [1.165, 1.54) is 47.2 Å². The van der Waals surface area contributed by atoms with Crippen LogP contribution in [0.3, 0.4) is 0 Å². The lowest BCUT2D eigenvalue weighted by atomic mass is 9.95. The van der Waals surface area contributed by atoms with E-state index >= 15 is 0 Å². The minimum absolute atomic E-state index is 0.0740. The Morgan fingerprint density at radius 3 is 1.01 bits per heavy atom. The van der Waals surface area contributed by atoms with Crippen molar-refractivity contribution in [1.82, 2.24) is 63.1 Å². The molecule has 8 aliphatic carbocycles. The van der Waals surface area contributed by atoms with Crippen LogP contribution in [0.25, 0.3) is 44.7 Å². The highest BCUT2D eigenvalue weighted by Crippen LogP contribution is 2.71. The second kappa shape index (κ2) is 32.0. The predicted octanol–water partition coefficient (Wildman–Crippen LogP) is 9.02. The molecular weight excluding hydrogens is 1640 g/mol. The van der Waals surface area contributed by atoms with Gasteiger partial charge in [-0.15, -0.1) is 45.3 Å². The van der Waals surface area contributed by atoms with Crippen molar-refractivity contribution in [3.8, 4) is 47.4 Å². The van der Waals surface area contributed by atoms with Crippen molar-refractivity contribution >= 4 is 136 Å². The highest BCUT2D eigenvalue weighted by atomic mass is 32.1. The van der Waals surface area contributed by atoms with Crippen LogP contribution in [0.2, 0.25) is 0 Å². The van der Waals surface area contributed by atoms with Crippen molar-refractivity contribution in [2.24, 2.45) is 45.3 Å². The lowest BCUT2D eigenvalue weighted by Gasteiger charge is -2.23. The number of fused-ring (bicyclic) bond motifs is 8. The fourth-order valence-corrected chi connectivity index (χ4v) is 22.6. The van der Waals surface area contributed by atoms with Gasteiger partial charge in [0.05, 0.1) is 132 Å². The van der Waals surface area contributed by atoms with E-state index in [-0.39, 0.29) is 52.8 Å². The summed E-state index contributed by atoms with van der Waals surface area (Å²) < 4.78 is 7.19. The number of aliphatic hydroxyl groups excluding tert-OH is 8. The number of aryl methyl sites for hydroxylation is 4. The number of nitrogens with one attached hydrogen (secondary N) is 4. The van der Waals surface area contributed by atoms with Crippen molar-refractivity contribution in [2.45, 2.75) is 181 Å². The average Bonchev–Trinajstić information content (AvgIpc) is 1.53. The summed E-state index contributed by atoms with van der Waals surface area (Å²) in [5, 5.41) is 98.4. The lowest BCUT2D eigenvalue weighted by Crippen LogP contribution is -2.36. The zero-order valence-electron chi connectivity index (χ0n) is 69.7. The van der Waals surface area contributed by atoms with Crippen molar-refractivity contribution in [2.75, 3.05) is 41.9 Å². The summed E-state index contributed by atoms with van der Waals surface area (Å²) >= 11 is 6.49. The van der Waals surface area contributed by atoms with Crippen molar-refractivity contribution < 1.29 is 60.0 Å². The number of carbonyl (C=O) groups is 4. The van der Waals surface area contributed by atoms with Gasteiger partial charge in [0.2, 0.25) is 5.82 Å². The molecule has 33 heteroatoms. The summed E-state index contributed by atoms with van der Waals surface area (Å²) in [5.74, 6) is 25.0. The van der Waals surface area contributed by atoms with E-state index < -0.39 is 94.7 Å². The van der Waals surface area contributed by atoms with Gasteiger partial charge in [-0.05, 0) is 240 Å². The molecule has 123 heavy (non-hydrogen) atoms. The summed E-state index contributed by atoms with van der Waals surface area (Å²) in [4.78, 5) is 98.7. The molecule has 12 aromatic rings. The van der Waals surface area contributed by atoms with Gasteiger partial charge in [-0.25, -0.2) is 44.9 Å². The Labute approximate surface area is 724 Å². The Kier molecular flexibility index (Phi) is 21.9. The first kappa shape index (κ1) is 84.2. The van der Waals surface area contributed by atoms with E-state index in [9.17, 15) is 60.0 Å². The topological polar surface area (TPSA) is 414 Å². The summed E-state index contributed by atoms with van der Waals surface area (Å²) in [7, 11) is 3.56. The maximum Gasteiger partial charge on any atom is 0.209 e. The molecule has 29 nitrogen and oxygen atoms in total. The first-order chi connectivity index (χ1) is 58.8. The third-order valence-corrected chi connectivity index (χ3v) is 29.8. The standard InChI is InChI=1S/C24H26N4O3S.C23H24N4O3S.C22H22N4O3S.C21H21N5O3S/c1-12(2)26-18-9-15(6-8-16-7-5-13(3)32-16)27-23-19(18)25-11-28(23)20-17-10-24(17,14(4)29)22(31)21(20)30;1-4-24-17-9-14(6-8-15-7-5-12(2)31-15)26-22-18(17)25-11-27(22)19-16-10-23(16,13(3)28)21(30)20(19)29;1-11-4-6-14(30-11)7-5-13-8-16(23-3)17-21(25-13)26(10-24-17)18-15-9-22(15,12(2)27)20(29)19(18)28;1-10-4-5-12(30-10)6-7-14-24-19(22-3)15-20(25-14)26(9-23-15)16-13-8-21(13,11(2)27)18(29)17(16)28/h5,7,9,11-12,17,20-22,30-31H,10H2,1-4H3,(H,26,27);5,7,9,11,16,19-21,29-30H,4,10H2,1-3H3,(H,24,26);4,6,8,10,15,18-20,28-29H,9H2,1-3H3,(H,23,25);4-5,9,13,16-18,28-29H,8H2,1-3H3,(H,22,24,25)/t17?,20-,21+,22+,24+;16?,19-,20+,21+,23+;15?,18-,19+,20+,22+;13?,16-,17+,18+,21+/m1111/s1. The molecule has 0 radical (unpaired) electrons. The number of ketones is 4. The molecule has 0 aliphatic heterocycles. The van der Waals surface area contributed by atoms with E-state index in [1.54, 1.807) is 86.8 Å². The molecule has 0 saturated heterocycles. The maximum absolute atomic E-state index is 12.3. The minimum atomic E-state index is -1.09. The molecule has 12 aromatic heterocycles. The molecule has 12 heterocycles. The molecule has 20 rings (SSSR count). The van der Waals surface area contributed by atoms with Crippen molar-refractivity contribution in [3.05, 3.63) is 154 Å². The van der Waals surface area contributed by atoms with Gasteiger partial charge in [0.15, 0.2) is 33.9 Å². The number of rotatable bonds is 14. The monoisotopic (exact) mass is 1730 g/mol. The molecule has 0 aromatic carbocycles. The number of hydrogen-bond acceptors (Lipinski definition) is 29. The van der Waals surface area contributed by atoms with E-state index in [1.807, 2.05) is 131 Å². The van der Waals surface area contributed by atoms with E-state index in [2.05, 4.69) is 98.5 Å². The van der Waals surface area contributed by atoms with Gasteiger partial charge in [-0.2, -0.15) is 0 Å². The fraction of sp³-hybridized carbons (Fsp3) is 0.433. The molecule has 634 valence electrons. The Hall–Kier alpha value is -11.0. The van der Waals surface area contributed by atoms with Crippen LogP contribution in [0.1, 0.15) is 160 Å². The molecule has 4 unspecified atom stereocenters. The number of Topliss-reactive ketones (excluding diaryl/α,β-unsaturated/α-hetero) is 4. The van der Waals surface area contributed by atoms with Gasteiger partial charge in [0.25, 0.3) is 0 Å².